The molecule has 1 fully saturated rings. The molecule has 0 aromatic rings. The highest BCUT2D eigenvalue weighted by Crippen LogP contribution is 2.18. The van der Waals surface area contributed by atoms with Gasteiger partial charge in [0.1, 0.15) is 0 Å². The number of allylic oxidation sites excluding steroid dienone is 1. The number of hydrogen-bond acceptors (Lipinski definition) is 4. The molecule has 0 radical (unpaired) electrons. The summed E-state index contributed by atoms with van der Waals surface area (Å²) in [5, 5.41) is 7.79. The van der Waals surface area contributed by atoms with Crippen molar-refractivity contribution in [3.8, 4) is 6.07 Å². The molecule has 1 aliphatic rings. The Hall–Kier alpha value is -1.60. The van der Waals surface area contributed by atoms with Crippen molar-refractivity contribution in [2.24, 2.45) is 0 Å². The van der Waals surface area contributed by atoms with Crippen LogP contribution >= 0.6 is 0 Å². The Kier molecular flexibility index (Phi) is 6.07. The van der Waals surface area contributed by atoms with Gasteiger partial charge in [-0.1, -0.05) is 13.2 Å². The summed E-state index contributed by atoms with van der Waals surface area (Å²) in [6, 6.07) is 1.83. The summed E-state index contributed by atoms with van der Waals surface area (Å²) in [4.78, 5) is 10.7. The average Bonchev–Trinajstić information content (AvgIpc) is 3.01. The SMILES string of the molecule is C=C(C)C#N.C=C(CC1CO1)C(=O)OC. The lowest BCUT2D eigenvalue weighted by atomic mass is 10.2. The van der Waals surface area contributed by atoms with Crippen molar-refractivity contribution in [2.45, 2.75) is 19.4 Å². The number of epoxide rings is 1. The zero-order chi connectivity index (χ0) is 11.8. The molecule has 1 unspecified atom stereocenters. The molecule has 0 saturated carbocycles. The van der Waals surface area contributed by atoms with Gasteiger partial charge in [-0.15, -0.1) is 0 Å². The number of rotatable bonds is 3. The summed E-state index contributed by atoms with van der Waals surface area (Å²) in [7, 11) is 1.35. The fourth-order valence-electron chi connectivity index (χ4n) is 0.688. The van der Waals surface area contributed by atoms with E-state index in [0.29, 0.717) is 17.6 Å². The molecule has 1 aliphatic heterocycles. The molecule has 15 heavy (non-hydrogen) atoms. The lowest BCUT2D eigenvalue weighted by molar-refractivity contribution is -0.136. The minimum atomic E-state index is -0.337. The summed E-state index contributed by atoms with van der Waals surface area (Å²) in [6.45, 7) is 9.28. The highest BCUT2D eigenvalue weighted by molar-refractivity contribution is 5.87. The number of hydrogen-bond donors (Lipinski definition) is 0. The third kappa shape index (κ3) is 7.47. The number of nitrogens with zero attached hydrogens (tertiary/aromatic N) is 1. The molecule has 4 heteroatoms. The molecule has 0 aromatic carbocycles. The molecule has 1 rings (SSSR count). The largest absolute Gasteiger partial charge is 0.466 e. The molecular weight excluding hydrogens is 194 g/mol. The van der Waals surface area contributed by atoms with Crippen molar-refractivity contribution in [3.63, 3.8) is 0 Å². The molecular formula is C11H15NO3. The first-order chi connectivity index (χ1) is 7.01. The van der Waals surface area contributed by atoms with Gasteiger partial charge in [-0.3, -0.25) is 0 Å². The number of methoxy groups -OCH3 is 1. The van der Waals surface area contributed by atoms with Gasteiger partial charge in [-0.25, -0.2) is 4.79 Å². The number of carbonyl (C=O) groups is 1. The van der Waals surface area contributed by atoms with Crippen molar-refractivity contribution < 1.29 is 14.3 Å². The molecule has 4 nitrogen and oxygen atoms in total. The first kappa shape index (κ1) is 13.4. The van der Waals surface area contributed by atoms with Crippen molar-refractivity contribution in [2.75, 3.05) is 13.7 Å². The second-order valence-corrected chi connectivity index (χ2v) is 3.15. The summed E-state index contributed by atoms with van der Waals surface area (Å²) in [6.07, 6.45) is 0.818. The van der Waals surface area contributed by atoms with E-state index >= 15 is 0 Å². The van der Waals surface area contributed by atoms with Gasteiger partial charge in [0.15, 0.2) is 0 Å². The summed E-state index contributed by atoms with van der Waals surface area (Å²) in [5.74, 6) is -0.337. The highest BCUT2D eigenvalue weighted by atomic mass is 16.6. The summed E-state index contributed by atoms with van der Waals surface area (Å²) >= 11 is 0. The van der Waals surface area contributed by atoms with E-state index in [1.165, 1.54) is 7.11 Å². The lowest BCUT2D eigenvalue weighted by Gasteiger charge is -1.98. The molecule has 0 aliphatic carbocycles. The van der Waals surface area contributed by atoms with Crippen LogP contribution in [-0.2, 0) is 14.3 Å². The molecule has 82 valence electrons. The minimum absolute atomic E-state index is 0.214. The minimum Gasteiger partial charge on any atom is -0.466 e. The molecule has 0 aromatic heterocycles. The smallest absolute Gasteiger partial charge is 0.333 e. The molecule has 1 saturated heterocycles. The zero-order valence-corrected chi connectivity index (χ0v) is 9.08. The van der Waals surface area contributed by atoms with Crippen LogP contribution in [0.5, 0.6) is 0 Å². The van der Waals surface area contributed by atoms with Crippen molar-refractivity contribution in [1.29, 1.82) is 5.26 Å². The molecule has 0 spiro atoms. The Labute approximate surface area is 89.8 Å². The van der Waals surface area contributed by atoms with Crippen LogP contribution in [0.25, 0.3) is 0 Å². The predicted molar refractivity (Wildman–Crippen MR) is 55.9 cm³/mol. The fraction of sp³-hybridized carbons (Fsp3) is 0.455. The van der Waals surface area contributed by atoms with Crippen LogP contribution in [0, 0.1) is 11.3 Å². The Morgan fingerprint density at radius 1 is 1.67 bits per heavy atom. The Morgan fingerprint density at radius 2 is 2.13 bits per heavy atom. The molecule has 1 atom stereocenters. The van der Waals surface area contributed by atoms with Gasteiger partial charge in [-0.05, 0) is 6.92 Å². The summed E-state index contributed by atoms with van der Waals surface area (Å²) < 4.78 is 9.35. The Balaban J connectivity index is 0.000000336. The topological polar surface area (TPSA) is 62.6 Å². The van der Waals surface area contributed by atoms with E-state index in [4.69, 9.17) is 10.00 Å². The lowest BCUT2D eigenvalue weighted by Crippen LogP contribution is -2.05. The second kappa shape index (κ2) is 6.80. The van der Waals surface area contributed by atoms with Crippen molar-refractivity contribution >= 4 is 5.97 Å². The maximum absolute atomic E-state index is 10.7. The molecule has 0 amide bonds. The van der Waals surface area contributed by atoms with Gasteiger partial charge in [-0.2, -0.15) is 5.26 Å². The van der Waals surface area contributed by atoms with Crippen LogP contribution in [0.2, 0.25) is 0 Å². The van der Waals surface area contributed by atoms with E-state index in [2.05, 4.69) is 17.9 Å². The molecule has 0 N–H and O–H groups in total. The van der Waals surface area contributed by atoms with Gasteiger partial charge in [0, 0.05) is 17.6 Å². The Morgan fingerprint density at radius 3 is 2.40 bits per heavy atom. The number of ether oxygens (including phenoxy) is 2. The van der Waals surface area contributed by atoms with Gasteiger partial charge in [0.05, 0.1) is 25.9 Å². The van der Waals surface area contributed by atoms with Gasteiger partial charge in [0.2, 0.25) is 0 Å². The van der Waals surface area contributed by atoms with E-state index in [-0.39, 0.29) is 12.1 Å². The highest BCUT2D eigenvalue weighted by Gasteiger charge is 2.25. The van der Waals surface area contributed by atoms with Crippen molar-refractivity contribution in [3.05, 3.63) is 24.3 Å². The van der Waals surface area contributed by atoms with Crippen LogP contribution in [0.15, 0.2) is 24.3 Å². The number of esters is 1. The van der Waals surface area contributed by atoms with Gasteiger partial charge in [0.25, 0.3) is 0 Å². The number of nitriles is 1. The number of carbonyl (C=O) groups excluding carboxylic acids is 1. The predicted octanol–water partition coefficient (Wildman–Crippen LogP) is 1.59. The van der Waals surface area contributed by atoms with Crippen LogP contribution in [-0.4, -0.2) is 25.8 Å². The summed E-state index contributed by atoms with van der Waals surface area (Å²) in [5.41, 5.74) is 1.05. The van der Waals surface area contributed by atoms with Gasteiger partial charge < -0.3 is 9.47 Å². The van der Waals surface area contributed by atoms with Gasteiger partial charge >= 0.3 is 5.97 Å². The van der Waals surface area contributed by atoms with Crippen LogP contribution in [0.4, 0.5) is 0 Å². The van der Waals surface area contributed by atoms with Crippen LogP contribution < -0.4 is 0 Å². The molecule has 0 bridgehead atoms. The molecule has 1 heterocycles. The maximum atomic E-state index is 10.7. The Bertz CT molecular complexity index is 297. The maximum Gasteiger partial charge on any atom is 0.333 e. The first-order valence-electron chi connectivity index (χ1n) is 4.44. The third-order valence-electron chi connectivity index (χ3n) is 1.54. The van der Waals surface area contributed by atoms with Crippen LogP contribution in [0.1, 0.15) is 13.3 Å². The zero-order valence-electron chi connectivity index (χ0n) is 9.08. The van der Waals surface area contributed by atoms with E-state index in [1.54, 1.807) is 6.92 Å². The van der Waals surface area contributed by atoms with E-state index in [1.807, 2.05) is 6.07 Å². The van der Waals surface area contributed by atoms with E-state index in [9.17, 15) is 4.79 Å². The van der Waals surface area contributed by atoms with E-state index < -0.39 is 0 Å². The third-order valence-corrected chi connectivity index (χ3v) is 1.54. The standard InChI is InChI=1S/C7H10O3.C4H5N/c1-5(7(8)9-2)3-6-4-10-6;1-4(2)3-5/h6H,1,3-4H2,2H3;1H2,2H3. The van der Waals surface area contributed by atoms with Crippen molar-refractivity contribution in [1.82, 2.24) is 0 Å². The average molecular weight is 209 g/mol. The van der Waals surface area contributed by atoms with E-state index in [0.717, 1.165) is 6.61 Å². The first-order valence-corrected chi connectivity index (χ1v) is 4.44. The monoisotopic (exact) mass is 209 g/mol. The normalized spacial score (nSPS) is 16.5. The van der Waals surface area contributed by atoms with Crippen LogP contribution in [0.3, 0.4) is 0 Å². The second-order valence-electron chi connectivity index (χ2n) is 3.15. The fourth-order valence-corrected chi connectivity index (χ4v) is 0.688. The quantitative estimate of drug-likeness (QED) is 0.306.